The molecule has 0 aromatic carbocycles. The molecule has 0 bridgehead atoms. The second-order valence-electron chi connectivity index (χ2n) is 2.47. The van der Waals surface area contributed by atoms with E-state index in [9.17, 15) is 0 Å². The highest BCUT2D eigenvalue weighted by Gasteiger charge is 1.77. The summed E-state index contributed by atoms with van der Waals surface area (Å²) in [6, 6.07) is 0. The highest BCUT2D eigenvalue weighted by molar-refractivity contribution is 4.94. The highest BCUT2D eigenvalue weighted by atomic mass is 16.5. The molecule has 0 fully saturated rings. The Morgan fingerprint density at radius 3 is 2.50 bits per heavy atom. The van der Waals surface area contributed by atoms with Crippen LogP contribution in [0.15, 0.2) is 24.0 Å². The molecule has 1 nitrogen and oxygen atoms in total. The van der Waals surface area contributed by atoms with E-state index in [2.05, 4.69) is 19.9 Å². The van der Waals surface area contributed by atoms with E-state index in [1.165, 1.54) is 5.57 Å². The van der Waals surface area contributed by atoms with E-state index in [4.69, 9.17) is 4.74 Å². The normalized spacial score (nSPS) is 9.90. The predicted octanol–water partition coefficient (Wildman–Crippen LogP) is 2.89. The van der Waals surface area contributed by atoms with Crippen molar-refractivity contribution in [2.45, 2.75) is 26.7 Å². The third-order valence-corrected chi connectivity index (χ3v) is 1.12. The average Bonchev–Trinajstić information content (AvgIpc) is 1.87. The molecular formula is C9H16O. The van der Waals surface area contributed by atoms with Gasteiger partial charge in [0.05, 0.1) is 13.4 Å². The Balaban J connectivity index is 3.21. The molecule has 0 heterocycles. The second-order valence-corrected chi connectivity index (χ2v) is 2.47. The van der Waals surface area contributed by atoms with Crippen LogP contribution in [0.5, 0.6) is 0 Å². The van der Waals surface area contributed by atoms with E-state index in [1.807, 2.05) is 6.08 Å². The number of allylic oxidation sites excluding steroid dienone is 3. The van der Waals surface area contributed by atoms with Gasteiger partial charge in [-0.2, -0.15) is 0 Å². The van der Waals surface area contributed by atoms with Gasteiger partial charge in [0, 0.05) is 0 Å². The monoisotopic (exact) mass is 140 g/mol. The van der Waals surface area contributed by atoms with Gasteiger partial charge in [-0.15, -0.1) is 0 Å². The van der Waals surface area contributed by atoms with Crippen LogP contribution in [0.3, 0.4) is 0 Å². The molecule has 0 radical (unpaired) electrons. The molecule has 0 atom stereocenters. The summed E-state index contributed by atoms with van der Waals surface area (Å²) in [7, 11) is 1.66. The molecule has 0 saturated carbocycles. The van der Waals surface area contributed by atoms with Crippen molar-refractivity contribution in [3.05, 3.63) is 24.0 Å². The fourth-order valence-corrected chi connectivity index (χ4v) is 0.632. The van der Waals surface area contributed by atoms with E-state index in [0.29, 0.717) is 0 Å². The zero-order chi connectivity index (χ0) is 7.82. The van der Waals surface area contributed by atoms with Crippen LogP contribution in [0, 0.1) is 0 Å². The molecule has 0 aromatic heterocycles. The van der Waals surface area contributed by atoms with Crippen molar-refractivity contribution in [3.8, 4) is 0 Å². The van der Waals surface area contributed by atoms with Crippen LogP contribution >= 0.6 is 0 Å². The number of methoxy groups -OCH3 is 1. The molecule has 0 aliphatic carbocycles. The smallest absolute Gasteiger partial charge is 0.0784 e. The molecule has 0 rings (SSSR count). The fourth-order valence-electron chi connectivity index (χ4n) is 0.632. The molecule has 0 N–H and O–H groups in total. The summed E-state index contributed by atoms with van der Waals surface area (Å²) in [5, 5.41) is 0. The van der Waals surface area contributed by atoms with Crippen LogP contribution in [0.1, 0.15) is 26.7 Å². The highest BCUT2D eigenvalue weighted by Crippen LogP contribution is 1.97. The Kier molecular flexibility index (Phi) is 5.94. The van der Waals surface area contributed by atoms with Gasteiger partial charge < -0.3 is 4.74 Å². The molecular weight excluding hydrogens is 124 g/mol. The summed E-state index contributed by atoms with van der Waals surface area (Å²) < 4.78 is 4.75. The van der Waals surface area contributed by atoms with Crippen LogP contribution in [0.2, 0.25) is 0 Å². The zero-order valence-corrected chi connectivity index (χ0v) is 7.05. The first-order chi connectivity index (χ1) is 4.77. The van der Waals surface area contributed by atoms with Gasteiger partial charge in [-0.1, -0.05) is 11.6 Å². The average molecular weight is 140 g/mol. The summed E-state index contributed by atoms with van der Waals surface area (Å²) in [5.41, 5.74) is 1.38. The van der Waals surface area contributed by atoms with Crippen LogP contribution in [0.4, 0.5) is 0 Å². The van der Waals surface area contributed by atoms with Crippen LogP contribution in [-0.2, 0) is 4.74 Å². The summed E-state index contributed by atoms with van der Waals surface area (Å²) in [5.74, 6) is 0. The van der Waals surface area contributed by atoms with Gasteiger partial charge in [0.1, 0.15) is 0 Å². The number of hydrogen-bond acceptors (Lipinski definition) is 1. The molecule has 0 amide bonds. The van der Waals surface area contributed by atoms with Gasteiger partial charge in [-0.05, 0) is 32.8 Å². The summed E-state index contributed by atoms with van der Waals surface area (Å²) in [6.45, 7) is 4.22. The van der Waals surface area contributed by atoms with E-state index >= 15 is 0 Å². The van der Waals surface area contributed by atoms with Gasteiger partial charge in [-0.25, -0.2) is 0 Å². The first kappa shape index (κ1) is 9.28. The van der Waals surface area contributed by atoms with Crippen molar-refractivity contribution in [1.82, 2.24) is 0 Å². The van der Waals surface area contributed by atoms with Crippen molar-refractivity contribution in [2.24, 2.45) is 0 Å². The van der Waals surface area contributed by atoms with Crippen molar-refractivity contribution >= 4 is 0 Å². The molecule has 0 saturated heterocycles. The largest absolute Gasteiger partial charge is 0.505 e. The molecule has 1 heteroatoms. The van der Waals surface area contributed by atoms with Crippen LogP contribution in [0.25, 0.3) is 0 Å². The van der Waals surface area contributed by atoms with Crippen molar-refractivity contribution < 1.29 is 4.74 Å². The Labute approximate surface area is 63.4 Å². The molecule has 10 heavy (non-hydrogen) atoms. The molecule has 0 aliphatic rings. The Hall–Kier alpha value is -0.720. The van der Waals surface area contributed by atoms with Crippen LogP contribution < -0.4 is 0 Å². The van der Waals surface area contributed by atoms with E-state index < -0.39 is 0 Å². The lowest BCUT2D eigenvalue weighted by Gasteiger charge is -1.89. The minimum absolute atomic E-state index is 1.07. The molecule has 0 unspecified atom stereocenters. The quantitative estimate of drug-likeness (QED) is 0.331. The lowest BCUT2D eigenvalue weighted by atomic mass is 10.2. The van der Waals surface area contributed by atoms with Crippen molar-refractivity contribution in [1.29, 1.82) is 0 Å². The maximum absolute atomic E-state index is 4.75. The van der Waals surface area contributed by atoms with Crippen molar-refractivity contribution in [3.63, 3.8) is 0 Å². The molecule has 0 spiro atoms. The van der Waals surface area contributed by atoms with Gasteiger partial charge in [0.2, 0.25) is 0 Å². The SMILES string of the molecule is CO/C=C/CCC=C(C)C. The zero-order valence-electron chi connectivity index (χ0n) is 7.05. The number of unbranched alkanes of at least 4 members (excludes halogenated alkanes) is 1. The fraction of sp³-hybridized carbons (Fsp3) is 0.556. The Bertz CT molecular complexity index is 119. The lowest BCUT2D eigenvalue weighted by molar-refractivity contribution is 0.336. The van der Waals surface area contributed by atoms with Gasteiger partial charge >= 0.3 is 0 Å². The van der Waals surface area contributed by atoms with Gasteiger partial charge in [0.15, 0.2) is 0 Å². The minimum Gasteiger partial charge on any atom is -0.505 e. The summed E-state index contributed by atoms with van der Waals surface area (Å²) in [6.07, 6.45) is 8.15. The van der Waals surface area contributed by atoms with E-state index in [1.54, 1.807) is 13.4 Å². The van der Waals surface area contributed by atoms with Gasteiger partial charge in [0.25, 0.3) is 0 Å². The molecule has 0 aromatic rings. The third kappa shape index (κ3) is 7.28. The Morgan fingerprint density at radius 2 is 2.00 bits per heavy atom. The maximum Gasteiger partial charge on any atom is 0.0784 e. The van der Waals surface area contributed by atoms with Crippen molar-refractivity contribution in [2.75, 3.05) is 7.11 Å². The number of hydrogen-bond donors (Lipinski definition) is 0. The number of ether oxygens (including phenoxy) is 1. The Morgan fingerprint density at radius 1 is 1.30 bits per heavy atom. The molecule has 58 valence electrons. The van der Waals surface area contributed by atoms with Gasteiger partial charge in [-0.3, -0.25) is 0 Å². The standard InChI is InChI=1S/C9H16O/c1-9(2)7-5-4-6-8-10-3/h6-8H,4-5H2,1-3H3/b8-6+. The van der Waals surface area contributed by atoms with Crippen LogP contribution in [-0.4, -0.2) is 7.11 Å². The first-order valence-electron chi connectivity index (χ1n) is 3.58. The lowest BCUT2D eigenvalue weighted by Crippen LogP contribution is -1.69. The predicted molar refractivity (Wildman–Crippen MR) is 44.8 cm³/mol. The summed E-state index contributed by atoms with van der Waals surface area (Å²) in [4.78, 5) is 0. The second kappa shape index (κ2) is 6.40. The third-order valence-electron chi connectivity index (χ3n) is 1.12. The molecule has 0 aliphatic heterocycles. The first-order valence-corrected chi connectivity index (χ1v) is 3.58. The van der Waals surface area contributed by atoms with E-state index in [-0.39, 0.29) is 0 Å². The maximum atomic E-state index is 4.75. The number of rotatable bonds is 4. The topological polar surface area (TPSA) is 9.23 Å². The minimum atomic E-state index is 1.07. The van der Waals surface area contributed by atoms with E-state index in [0.717, 1.165) is 12.8 Å². The summed E-state index contributed by atoms with van der Waals surface area (Å²) >= 11 is 0.